The van der Waals surface area contributed by atoms with E-state index in [2.05, 4.69) is 11.8 Å². The van der Waals surface area contributed by atoms with Gasteiger partial charge in [0.2, 0.25) is 0 Å². The number of rotatable bonds is 5. The monoisotopic (exact) mass is 267 g/mol. The molecule has 1 aliphatic carbocycles. The fraction of sp³-hybridized carbons (Fsp3) is 0.938. The highest BCUT2D eigenvalue weighted by Gasteiger charge is 2.24. The van der Waals surface area contributed by atoms with Gasteiger partial charge in [-0.15, -0.1) is 0 Å². The van der Waals surface area contributed by atoms with Gasteiger partial charge in [-0.2, -0.15) is 0 Å². The van der Waals surface area contributed by atoms with E-state index in [1.54, 1.807) is 0 Å². The summed E-state index contributed by atoms with van der Waals surface area (Å²) in [6.45, 7) is 6.06. The summed E-state index contributed by atoms with van der Waals surface area (Å²) in [6.07, 6.45) is 9.32. The highest BCUT2D eigenvalue weighted by atomic mass is 16.4. The van der Waals surface area contributed by atoms with Crippen LogP contribution in [0, 0.1) is 17.8 Å². The topological polar surface area (TPSA) is 40.5 Å². The summed E-state index contributed by atoms with van der Waals surface area (Å²) in [5.74, 6) is 1.85. The highest BCUT2D eigenvalue weighted by Crippen LogP contribution is 2.30. The van der Waals surface area contributed by atoms with Crippen molar-refractivity contribution in [1.82, 2.24) is 4.90 Å². The van der Waals surface area contributed by atoms with E-state index in [0.29, 0.717) is 12.3 Å². The van der Waals surface area contributed by atoms with Crippen LogP contribution in [-0.2, 0) is 4.79 Å². The van der Waals surface area contributed by atoms with Crippen molar-refractivity contribution < 1.29 is 9.90 Å². The molecule has 0 bridgehead atoms. The number of piperidine rings is 1. The van der Waals surface area contributed by atoms with E-state index in [4.69, 9.17) is 5.11 Å². The van der Waals surface area contributed by atoms with Gasteiger partial charge in [-0.1, -0.05) is 19.8 Å². The van der Waals surface area contributed by atoms with Crippen molar-refractivity contribution in [2.75, 3.05) is 19.6 Å². The maximum absolute atomic E-state index is 10.6. The number of nitrogens with zero attached hydrogens (tertiary/aromatic N) is 1. The summed E-state index contributed by atoms with van der Waals surface area (Å²) in [5.41, 5.74) is 0. The van der Waals surface area contributed by atoms with Crippen molar-refractivity contribution in [2.45, 2.75) is 58.3 Å². The molecule has 0 amide bonds. The molecule has 0 radical (unpaired) electrons. The van der Waals surface area contributed by atoms with Crippen LogP contribution in [0.2, 0.25) is 0 Å². The smallest absolute Gasteiger partial charge is 0.303 e. The summed E-state index contributed by atoms with van der Waals surface area (Å²) < 4.78 is 0. The molecule has 2 unspecified atom stereocenters. The molecule has 110 valence electrons. The van der Waals surface area contributed by atoms with Gasteiger partial charge in [0.25, 0.3) is 0 Å². The van der Waals surface area contributed by atoms with E-state index in [0.717, 1.165) is 18.3 Å². The lowest BCUT2D eigenvalue weighted by Crippen LogP contribution is -2.38. The standard InChI is InChI=1S/C16H29NO2/c1-13-3-2-4-15(11-13)12-17-9-7-14(8-10-17)5-6-16(18)19/h13-15H,2-12H2,1H3,(H,18,19). The molecule has 0 aromatic heterocycles. The predicted octanol–water partition coefficient (Wildman–Crippen LogP) is 3.39. The maximum Gasteiger partial charge on any atom is 0.303 e. The van der Waals surface area contributed by atoms with Gasteiger partial charge in [0.15, 0.2) is 0 Å². The van der Waals surface area contributed by atoms with Crippen LogP contribution in [0.3, 0.4) is 0 Å². The average Bonchev–Trinajstić information content (AvgIpc) is 2.38. The van der Waals surface area contributed by atoms with Crippen molar-refractivity contribution in [1.29, 1.82) is 0 Å². The Morgan fingerprint density at radius 2 is 1.89 bits per heavy atom. The van der Waals surface area contributed by atoms with Crippen LogP contribution in [0.1, 0.15) is 58.3 Å². The zero-order chi connectivity index (χ0) is 13.7. The van der Waals surface area contributed by atoms with Crippen molar-refractivity contribution in [3.05, 3.63) is 0 Å². The molecule has 1 saturated heterocycles. The largest absolute Gasteiger partial charge is 0.481 e. The molecule has 1 saturated carbocycles. The van der Waals surface area contributed by atoms with Gasteiger partial charge in [-0.3, -0.25) is 4.79 Å². The van der Waals surface area contributed by atoms with E-state index in [1.807, 2.05) is 0 Å². The van der Waals surface area contributed by atoms with E-state index in [1.165, 1.54) is 58.2 Å². The third-order valence-electron chi connectivity index (χ3n) is 5.03. The van der Waals surface area contributed by atoms with Crippen molar-refractivity contribution in [3.8, 4) is 0 Å². The molecule has 1 N–H and O–H groups in total. The van der Waals surface area contributed by atoms with Crippen LogP contribution in [-0.4, -0.2) is 35.6 Å². The Balaban J connectivity index is 1.64. The second-order valence-corrected chi connectivity index (χ2v) is 6.81. The summed E-state index contributed by atoms with van der Waals surface area (Å²) in [7, 11) is 0. The Bertz CT molecular complexity index is 284. The molecular weight excluding hydrogens is 238 g/mol. The van der Waals surface area contributed by atoms with Crippen molar-refractivity contribution >= 4 is 5.97 Å². The summed E-state index contributed by atoms with van der Waals surface area (Å²) in [6, 6.07) is 0. The minimum atomic E-state index is -0.640. The van der Waals surface area contributed by atoms with E-state index in [-0.39, 0.29) is 0 Å². The molecule has 0 aromatic carbocycles. The van der Waals surface area contributed by atoms with Crippen LogP contribution in [0.15, 0.2) is 0 Å². The molecule has 0 aromatic rings. The third-order valence-corrected chi connectivity index (χ3v) is 5.03. The lowest BCUT2D eigenvalue weighted by atomic mass is 9.81. The second-order valence-electron chi connectivity index (χ2n) is 6.81. The van der Waals surface area contributed by atoms with Gasteiger partial charge in [0.1, 0.15) is 0 Å². The zero-order valence-corrected chi connectivity index (χ0v) is 12.3. The first-order chi connectivity index (χ1) is 9.13. The summed E-state index contributed by atoms with van der Waals surface area (Å²) in [4.78, 5) is 13.2. The van der Waals surface area contributed by atoms with Gasteiger partial charge >= 0.3 is 5.97 Å². The molecule has 2 rings (SSSR count). The number of hydrogen-bond donors (Lipinski definition) is 1. The fourth-order valence-corrected chi connectivity index (χ4v) is 3.88. The number of likely N-dealkylation sites (tertiary alicyclic amines) is 1. The van der Waals surface area contributed by atoms with Crippen molar-refractivity contribution in [3.63, 3.8) is 0 Å². The van der Waals surface area contributed by atoms with E-state index in [9.17, 15) is 4.79 Å². The molecule has 19 heavy (non-hydrogen) atoms. The van der Waals surface area contributed by atoms with Gasteiger partial charge in [-0.25, -0.2) is 0 Å². The average molecular weight is 267 g/mol. The van der Waals surface area contributed by atoms with Crippen LogP contribution in [0.4, 0.5) is 0 Å². The second kappa shape index (κ2) is 7.28. The molecule has 3 heteroatoms. The predicted molar refractivity (Wildman–Crippen MR) is 77.2 cm³/mol. The number of carboxylic acids is 1. The Kier molecular flexibility index (Phi) is 5.68. The SMILES string of the molecule is CC1CCCC(CN2CCC(CCC(=O)O)CC2)C1. The van der Waals surface area contributed by atoms with Crippen LogP contribution >= 0.6 is 0 Å². The molecule has 1 heterocycles. The highest BCUT2D eigenvalue weighted by molar-refractivity contribution is 5.66. The first-order valence-electron chi connectivity index (χ1n) is 8.07. The summed E-state index contributed by atoms with van der Waals surface area (Å²) in [5, 5.41) is 8.73. The molecule has 3 nitrogen and oxygen atoms in total. The molecule has 2 atom stereocenters. The van der Waals surface area contributed by atoms with Crippen LogP contribution < -0.4 is 0 Å². The van der Waals surface area contributed by atoms with Gasteiger partial charge in [-0.05, 0) is 62.9 Å². The Hall–Kier alpha value is -0.570. The normalized spacial score (nSPS) is 30.4. The molecular formula is C16H29NO2. The van der Waals surface area contributed by atoms with Crippen LogP contribution in [0.25, 0.3) is 0 Å². The maximum atomic E-state index is 10.6. The van der Waals surface area contributed by atoms with E-state index < -0.39 is 5.97 Å². The lowest BCUT2D eigenvalue weighted by molar-refractivity contribution is -0.137. The minimum Gasteiger partial charge on any atom is -0.481 e. The van der Waals surface area contributed by atoms with Gasteiger partial charge in [0, 0.05) is 13.0 Å². The third kappa shape index (κ3) is 5.13. The van der Waals surface area contributed by atoms with Crippen LogP contribution in [0.5, 0.6) is 0 Å². The number of carboxylic acid groups (broad SMARTS) is 1. The quantitative estimate of drug-likeness (QED) is 0.830. The van der Waals surface area contributed by atoms with Gasteiger partial charge in [0.05, 0.1) is 0 Å². The Morgan fingerprint density at radius 1 is 1.16 bits per heavy atom. The van der Waals surface area contributed by atoms with Gasteiger partial charge < -0.3 is 10.0 Å². The van der Waals surface area contributed by atoms with Crippen molar-refractivity contribution in [2.24, 2.45) is 17.8 Å². The first kappa shape index (κ1) is 14.8. The Morgan fingerprint density at radius 3 is 2.53 bits per heavy atom. The first-order valence-corrected chi connectivity index (χ1v) is 8.07. The Labute approximate surface area is 117 Å². The lowest BCUT2D eigenvalue weighted by Gasteiger charge is -2.36. The minimum absolute atomic E-state index is 0.352. The molecule has 0 spiro atoms. The van der Waals surface area contributed by atoms with E-state index >= 15 is 0 Å². The molecule has 2 fully saturated rings. The summed E-state index contributed by atoms with van der Waals surface area (Å²) >= 11 is 0. The fourth-order valence-electron chi connectivity index (χ4n) is 3.88. The zero-order valence-electron chi connectivity index (χ0n) is 12.3. The molecule has 1 aliphatic heterocycles. The number of aliphatic carboxylic acids is 1. The molecule has 2 aliphatic rings. The number of hydrogen-bond acceptors (Lipinski definition) is 2. The number of carbonyl (C=O) groups is 1.